The summed E-state index contributed by atoms with van der Waals surface area (Å²) in [5.74, 6) is -0.886. The third kappa shape index (κ3) is 3.49. The minimum Gasteiger partial charge on any atom is -0.337 e. The minimum absolute atomic E-state index is 0.0409. The van der Waals surface area contributed by atoms with Crippen LogP contribution in [0.25, 0.3) is 0 Å². The van der Waals surface area contributed by atoms with Gasteiger partial charge < -0.3 is 5.32 Å². The molecule has 0 fully saturated rings. The van der Waals surface area contributed by atoms with Crippen LogP contribution in [0.2, 0.25) is 0 Å². The maximum Gasteiger partial charge on any atom is 0.416 e. The summed E-state index contributed by atoms with van der Waals surface area (Å²) in [6.07, 6.45) is -3.23. The van der Waals surface area contributed by atoms with Gasteiger partial charge in [0.2, 0.25) is 0 Å². The van der Waals surface area contributed by atoms with Crippen molar-refractivity contribution in [3.8, 4) is 6.07 Å². The molecule has 1 heterocycles. The first-order valence-electron chi connectivity index (χ1n) is 5.50. The standard InChI is InChI=1S/C13H6BrF4N3/c14-9-4-10(15)12(20-6-9)21-11-2-1-8(13(16,17)18)3-7(11)5-19/h1-4,6H,(H,20,21). The van der Waals surface area contributed by atoms with Gasteiger partial charge in [0.1, 0.15) is 6.07 Å². The predicted octanol–water partition coefficient (Wildman–Crippen LogP) is 4.62. The summed E-state index contributed by atoms with van der Waals surface area (Å²) in [6.45, 7) is 0. The van der Waals surface area contributed by atoms with E-state index in [2.05, 4.69) is 26.2 Å². The first kappa shape index (κ1) is 15.3. The fourth-order valence-corrected chi connectivity index (χ4v) is 1.86. The van der Waals surface area contributed by atoms with E-state index < -0.39 is 17.6 Å². The van der Waals surface area contributed by atoms with E-state index in [1.165, 1.54) is 6.20 Å². The number of rotatable bonds is 2. The highest BCUT2D eigenvalue weighted by molar-refractivity contribution is 9.10. The molecule has 0 saturated carbocycles. The van der Waals surface area contributed by atoms with Crippen LogP contribution < -0.4 is 5.32 Å². The van der Waals surface area contributed by atoms with E-state index in [-0.39, 0.29) is 17.1 Å². The number of anilines is 2. The van der Waals surface area contributed by atoms with Crippen molar-refractivity contribution in [3.63, 3.8) is 0 Å². The zero-order valence-corrected chi connectivity index (χ0v) is 11.8. The topological polar surface area (TPSA) is 48.7 Å². The molecule has 0 amide bonds. The zero-order valence-electron chi connectivity index (χ0n) is 10.2. The van der Waals surface area contributed by atoms with E-state index in [1.54, 1.807) is 6.07 Å². The number of alkyl halides is 3. The van der Waals surface area contributed by atoms with Crippen molar-refractivity contribution in [2.75, 3.05) is 5.32 Å². The minimum atomic E-state index is -4.55. The average molecular weight is 360 g/mol. The van der Waals surface area contributed by atoms with Crippen molar-refractivity contribution in [2.45, 2.75) is 6.18 Å². The fourth-order valence-electron chi connectivity index (χ4n) is 1.56. The largest absolute Gasteiger partial charge is 0.416 e. The summed E-state index contributed by atoms with van der Waals surface area (Å²) in [4.78, 5) is 3.76. The molecule has 108 valence electrons. The Labute approximate surface area is 125 Å². The van der Waals surface area contributed by atoms with Gasteiger partial charge in [-0.05, 0) is 40.2 Å². The number of nitrogens with zero attached hydrogens (tertiary/aromatic N) is 2. The lowest BCUT2D eigenvalue weighted by atomic mass is 10.1. The van der Waals surface area contributed by atoms with Crippen molar-refractivity contribution in [1.82, 2.24) is 4.98 Å². The Bertz CT molecular complexity index is 722. The van der Waals surface area contributed by atoms with Crippen molar-refractivity contribution in [3.05, 3.63) is 51.9 Å². The molecule has 21 heavy (non-hydrogen) atoms. The van der Waals surface area contributed by atoms with Crippen LogP contribution in [-0.2, 0) is 6.18 Å². The molecular formula is C13H6BrF4N3. The van der Waals surface area contributed by atoms with E-state index in [1.807, 2.05) is 0 Å². The number of aromatic nitrogens is 1. The van der Waals surface area contributed by atoms with E-state index in [0.29, 0.717) is 10.5 Å². The monoisotopic (exact) mass is 359 g/mol. The molecule has 1 N–H and O–H groups in total. The van der Waals surface area contributed by atoms with E-state index >= 15 is 0 Å². The number of hydrogen-bond donors (Lipinski definition) is 1. The third-order valence-corrected chi connectivity index (χ3v) is 2.96. The van der Waals surface area contributed by atoms with Crippen LogP contribution in [0.5, 0.6) is 0 Å². The van der Waals surface area contributed by atoms with E-state index in [4.69, 9.17) is 5.26 Å². The van der Waals surface area contributed by atoms with Gasteiger partial charge in [-0.15, -0.1) is 0 Å². The highest BCUT2D eigenvalue weighted by Gasteiger charge is 2.31. The molecule has 3 nitrogen and oxygen atoms in total. The lowest BCUT2D eigenvalue weighted by Crippen LogP contribution is -2.06. The van der Waals surface area contributed by atoms with Crippen LogP contribution in [0, 0.1) is 17.1 Å². The first-order valence-corrected chi connectivity index (χ1v) is 6.30. The number of benzene rings is 1. The lowest BCUT2D eigenvalue weighted by molar-refractivity contribution is -0.137. The van der Waals surface area contributed by atoms with Crippen LogP contribution in [0.4, 0.5) is 29.1 Å². The second-order valence-corrected chi connectivity index (χ2v) is 4.89. The number of hydrogen-bond acceptors (Lipinski definition) is 3. The van der Waals surface area contributed by atoms with Crippen LogP contribution in [0.3, 0.4) is 0 Å². The molecule has 1 aromatic heterocycles. The molecular weight excluding hydrogens is 354 g/mol. The molecule has 0 aliphatic heterocycles. The SMILES string of the molecule is N#Cc1cc(C(F)(F)F)ccc1Nc1ncc(Br)cc1F. The Morgan fingerprint density at radius 1 is 1.24 bits per heavy atom. The fraction of sp³-hybridized carbons (Fsp3) is 0.0769. The molecule has 2 rings (SSSR count). The second kappa shape index (κ2) is 5.69. The highest BCUT2D eigenvalue weighted by Crippen LogP contribution is 2.32. The van der Waals surface area contributed by atoms with Crippen molar-refractivity contribution in [1.29, 1.82) is 5.26 Å². The summed E-state index contributed by atoms with van der Waals surface area (Å²) in [7, 11) is 0. The molecule has 0 unspecified atom stereocenters. The maximum atomic E-state index is 13.6. The Hall–Kier alpha value is -2.14. The summed E-state index contributed by atoms with van der Waals surface area (Å²) in [5, 5.41) is 11.4. The number of nitriles is 1. The normalized spacial score (nSPS) is 11.0. The summed E-state index contributed by atoms with van der Waals surface area (Å²) < 4.78 is 51.7. The van der Waals surface area contributed by atoms with E-state index in [9.17, 15) is 17.6 Å². The molecule has 0 spiro atoms. The molecule has 1 aromatic carbocycles. The molecule has 0 atom stereocenters. The van der Waals surface area contributed by atoms with Crippen molar-refractivity contribution >= 4 is 27.4 Å². The van der Waals surface area contributed by atoms with Gasteiger partial charge in [-0.25, -0.2) is 9.37 Å². The van der Waals surface area contributed by atoms with Crippen LogP contribution in [-0.4, -0.2) is 4.98 Å². The smallest absolute Gasteiger partial charge is 0.337 e. The van der Waals surface area contributed by atoms with Gasteiger partial charge in [0.15, 0.2) is 11.6 Å². The van der Waals surface area contributed by atoms with Gasteiger partial charge >= 0.3 is 6.18 Å². The van der Waals surface area contributed by atoms with Gasteiger partial charge in [0.25, 0.3) is 0 Å². The molecule has 0 radical (unpaired) electrons. The number of pyridine rings is 1. The van der Waals surface area contributed by atoms with Gasteiger partial charge in [-0.1, -0.05) is 0 Å². The quantitative estimate of drug-likeness (QED) is 0.796. The molecule has 0 aliphatic carbocycles. The molecule has 8 heteroatoms. The molecule has 0 aliphatic rings. The predicted molar refractivity (Wildman–Crippen MR) is 71.3 cm³/mol. The van der Waals surface area contributed by atoms with Crippen LogP contribution in [0.1, 0.15) is 11.1 Å². The molecule has 0 bridgehead atoms. The highest BCUT2D eigenvalue weighted by atomic mass is 79.9. The van der Waals surface area contributed by atoms with Gasteiger partial charge in [-0.2, -0.15) is 18.4 Å². The van der Waals surface area contributed by atoms with Crippen molar-refractivity contribution in [2.24, 2.45) is 0 Å². The Kier molecular flexibility index (Phi) is 4.14. The summed E-state index contributed by atoms with van der Waals surface area (Å²) >= 11 is 3.03. The average Bonchev–Trinajstić information content (AvgIpc) is 2.41. The lowest BCUT2D eigenvalue weighted by Gasteiger charge is -2.11. The van der Waals surface area contributed by atoms with Crippen LogP contribution in [0.15, 0.2) is 34.9 Å². The molecule has 0 saturated heterocycles. The van der Waals surface area contributed by atoms with Gasteiger partial charge in [0.05, 0.1) is 16.8 Å². The summed E-state index contributed by atoms with van der Waals surface area (Å²) in [5.41, 5.74) is -1.16. The Balaban J connectivity index is 2.39. The number of halogens is 5. The van der Waals surface area contributed by atoms with Crippen LogP contribution >= 0.6 is 15.9 Å². The van der Waals surface area contributed by atoms with Gasteiger partial charge in [-0.3, -0.25) is 0 Å². The zero-order chi connectivity index (χ0) is 15.6. The third-order valence-electron chi connectivity index (χ3n) is 2.53. The summed E-state index contributed by atoms with van der Waals surface area (Å²) in [6, 6.07) is 5.34. The van der Waals surface area contributed by atoms with Gasteiger partial charge in [0, 0.05) is 10.7 Å². The first-order chi connectivity index (χ1) is 9.81. The van der Waals surface area contributed by atoms with Crippen molar-refractivity contribution < 1.29 is 17.6 Å². The maximum absolute atomic E-state index is 13.6. The Morgan fingerprint density at radius 2 is 1.95 bits per heavy atom. The van der Waals surface area contributed by atoms with E-state index in [0.717, 1.165) is 18.2 Å². The number of nitrogens with one attached hydrogen (secondary N) is 1. The molecule has 2 aromatic rings. The Morgan fingerprint density at radius 3 is 2.52 bits per heavy atom. The second-order valence-electron chi connectivity index (χ2n) is 3.98.